The van der Waals surface area contributed by atoms with Gasteiger partial charge >= 0.3 is 6.09 Å². The third-order valence-corrected chi connectivity index (χ3v) is 2.86. The number of cyclic esters (lactones) is 1. The molecule has 0 bridgehead atoms. The zero-order valence-electron chi connectivity index (χ0n) is 10.9. The summed E-state index contributed by atoms with van der Waals surface area (Å²) >= 11 is 0. The average Bonchev–Trinajstić information content (AvgIpc) is 2.79. The van der Waals surface area contributed by atoms with Crippen LogP contribution in [0, 0.1) is 0 Å². The molecule has 1 aliphatic heterocycles. The first-order chi connectivity index (χ1) is 9.60. The van der Waals surface area contributed by atoms with Gasteiger partial charge in [0, 0.05) is 12.6 Å². The van der Waals surface area contributed by atoms with Gasteiger partial charge in [0.05, 0.1) is 19.3 Å². The molecule has 0 spiro atoms. The molecule has 0 radical (unpaired) electrons. The van der Waals surface area contributed by atoms with Gasteiger partial charge in [0.25, 0.3) is 0 Å². The maximum absolute atomic E-state index is 11.8. The smallest absolute Gasteiger partial charge is 0.414 e. The maximum Gasteiger partial charge on any atom is 0.414 e. The molecule has 20 heavy (non-hydrogen) atoms. The van der Waals surface area contributed by atoms with Crippen molar-refractivity contribution in [2.45, 2.75) is 13.0 Å². The predicted octanol–water partition coefficient (Wildman–Crippen LogP) is 0.956. The zero-order valence-corrected chi connectivity index (χ0v) is 10.9. The van der Waals surface area contributed by atoms with E-state index in [4.69, 9.17) is 9.94 Å². The quantitative estimate of drug-likeness (QED) is 0.487. The van der Waals surface area contributed by atoms with Crippen LogP contribution >= 0.6 is 0 Å². The Morgan fingerprint density at radius 3 is 2.85 bits per heavy atom. The number of carbonyl (C=O) groups is 2. The SMILES string of the molecule is CC(=O)NC[C@H]1CN(c2ccc(/C=N\O)cc2)C(=O)O1. The lowest BCUT2D eigenvalue weighted by Crippen LogP contribution is -2.33. The highest BCUT2D eigenvalue weighted by molar-refractivity contribution is 5.90. The van der Waals surface area contributed by atoms with Gasteiger partial charge in [-0.05, 0) is 17.7 Å². The Morgan fingerprint density at radius 2 is 2.25 bits per heavy atom. The number of ether oxygens (including phenoxy) is 1. The van der Waals surface area contributed by atoms with Crippen molar-refractivity contribution >= 4 is 23.9 Å². The lowest BCUT2D eigenvalue weighted by Gasteiger charge is -2.13. The number of hydrogen-bond donors (Lipinski definition) is 2. The first-order valence-electron chi connectivity index (χ1n) is 6.10. The summed E-state index contributed by atoms with van der Waals surface area (Å²) in [5.74, 6) is -0.160. The van der Waals surface area contributed by atoms with Gasteiger partial charge in [-0.3, -0.25) is 9.69 Å². The summed E-state index contributed by atoms with van der Waals surface area (Å²) in [6.07, 6.45) is 0.500. The van der Waals surface area contributed by atoms with Gasteiger partial charge in [-0.15, -0.1) is 0 Å². The summed E-state index contributed by atoms with van der Waals surface area (Å²) in [7, 11) is 0. The number of nitrogens with zero attached hydrogens (tertiary/aromatic N) is 2. The zero-order chi connectivity index (χ0) is 14.5. The van der Waals surface area contributed by atoms with Gasteiger partial charge in [-0.2, -0.15) is 0 Å². The molecule has 7 heteroatoms. The molecule has 1 fully saturated rings. The number of oxime groups is 1. The van der Waals surface area contributed by atoms with E-state index in [-0.39, 0.29) is 12.0 Å². The number of carbonyl (C=O) groups excluding carboxylic acids is 2. The van der Waals surface area contributed by atoms with Gasteiger partial charge < -0.3 is 15.3 Å². The highest BCUT2D eigenvalue weighted by atomic mass is 16.6. The Hall–Kier alpha value is -2.57. The maximum atomic E-state index is 11.8. The van der Waals surface area contributed by atoms with Crippen LogP contribution in [0.25, 0.3) is 0 Å². The summed E-state index contributed by atoms with van der Waals surface area (Å²) in [6.45, 7) is 2.09. The predicted molar refractivity (Wildman–Crippen MR) is 72.1 cm³/mol. The molecule has 0 unspecified atom stereocenters. The lowest BCUT2D eigenvalue weighted by molar-refractivity contribution is -0.119. The Kier molecular flexibility index (Phi) is 4.19. The minimum absolute atomic E-state index is 0.160. The fourth-order valence-electron chi connectivity index (χ4n) is 1.90. The van der Waals surface area contributed by atoms with Gasteiger partial charge in [0.1, 0.15) is 6.10 Å². The lowest BCUT2D eigenvalue weighted by atomic mass is 10.2. The van der Waals surface area contributed by atoms with E-state index >= 15 is 0 Å². The van der Waals surface area contributed by atoms with Gasteiger partial charge in [0.15, 0.2) is 0 Å². The number of anilines is 1. The van der Waals surface area contributed by atoms with Crippen LogP contribution < -0.4 is 10.2 Å². The first kappa shape index (κ1) is 13.9. The number of rotatable bonds is 4. The summed E-state index contributed by atoms with van der Waals surface area (Å²) < 4.78 is 5.16. The van der Waals surface area contributed by atoms with E-state index in [9.17, 15) is 9.59 Å². The van der Waals surface area contributed by atoms with Crippen molar-refractivity contribution in [1.29, 1.82) is 0 Å². The van der Waals surface area contributed by atoms with Crippen LogP contribution in [-0.4, -0.2) is 42.6 Å². The van der Waals surface area contributed by atoms with E-state index in [0.717, 1.165) is 5.56 Å². The Labute approximate surface area is 115 Å². The number of benzene rings is 1. The van der Waals surface area contributed by atoms with Crippen LogP contribution in [0.15, 0.2) is 29.4 Å². The highest BCUT2D eigenvalue weighted by Crippen LogP contribution is 2.21. The van der Waals surface area contributed by atoms with Gasteiger partial charge in [-0.1, -0.05) is 17.3 Å². The van der Waals surface area contributed by atoms with E-state index in [0.29, 0.717) is 18.8 Å². The molecule has 0 aliphatic carbocycles. The number of amides is 2. The molecule has 7 nitrogen and oxygen atoms in total. The Bertz CT molecular complexity index is 527. The molecule has 2 rings (SSSR count). The number of hydrogen-bond acceptors (Lipinski definition) is 5. The van der Waals surface area contributed by atoms with Crippen molar-refractivity contribution in [2.24, 2.45) is 5.16 Å². The summed E-state index contributed by atoms with van der Waals surface area (Å²) in [5.41, 5.74) is 1.41. The minimum atomic E-state index is -0.441. The fourth-order valence-corrected chi connectivity index (χ4v) is 1.90. The van der Waals surface area contributed by atoms with Crippen molar-refractivity contribution < 1.29 is 19.5 Å². The molecule has 1 heterocycles. The fraction of sp³-hybridized carbons (Fsp3) is 0.308. The van der Waals surface area contributed by atoms with E-state index < -0.39 is 6.09 Å². The van der Waals surface area contributed by atoms with Crippen molar-refractivity contribution in [1.82, 2.24) is 5.32 Å². The van der Waals surface area contributed by atoms with Crippen LogP contribution in [0.5, 0.6) is 0 Å². The minimum Gasteiger partial charge on any atom is -0.442 e. The summed E-state index contributed by atoms with van der Waals surface area (Å²) in [4.78, 5) is 24.1. The van der Waals surface area contributed by atoms with Crippen LogP contribution in [0.1, 0.15) is 12.5 Å². The molecule has 1 aliphatic rings. The van der Waals surface area contributed by atoms with E-state index in [1.54, 1.807) is 24.3 Å². The van der Waals surface area contributed by atoms with Crippen molar-refractivity contribution in [3.05, 3.63) is 29.8 Å². The molecule has 1 aromatic rings. The standard InChI is InChI=1S/C13H15N3O4/c1-9(17)14-7-12-8-16(13(18)20-12)11-4-2-10(3-5-11)6-15-19/h2-6,12,19H,7-8H2,1H3,(H,14,17)/b15-6-/t12-/m0/s1. The molecule has 106 valence electrons. The molecule has 2 amide bonds. The van der Waals surface area contributed by atoms with Crippen molar-refractivity contribution in [2.75, 3.05) is 18.0 Å². The van der Waals surface area contributed by atoms with Crippen molar-refractivity contribution in [3.8, 4) is 0 Å². The molecule has 0 saturated carbocycles. The van der Waals surface area contributed by atoms with Crippen molar-refractivity contribution in [3.63, 3.8) is 0 Å². The Balaban J connectivity index is 2.02. The van der Waals surface area contributed by atoms with E-state index in [1.165, 1.54) is 18.0 Å². The molecule has 1 aromatic carbocycles. The molecule has 0 aromatic heterocycles. The third kappa shape index (κ3) is 3.25. The summed E-state index contributed by atoms with van der Waals surface area (Å²) in [5, 5.41) is 14.0. The molecule has 1 atom stereocenters. The molecule has 1 saturated heterocycles. The monoisotopic (exact) mass is 277 g/mol. The second-order valence-electron chi connectivity index (χ2n) is 4.39. The van der Waals surface area contributed by atoms with Crippen LogP contribution in [-0.2, 0) is 9.53 Å². The molecule has 2 N–H and O–H groups in total. The van der Waals surface area contributed by atoms with Gasteiger partial charge in [-0.25, -0.2) is 4.79 Å². The van der Waals surface area contributed by atoms with Crippen LogP contribution in [0.3, 0.4) is 0 Å². The Morgan fingerprint density at radius 1 is 1.55 bits per heavy atom. The topological polar surface area (TPSA) is 91.2 Å². The second-order valence-corrected chi connectivity index (χ2v) is 4.39. The first-order valence-corrected chi connectivity index (χ1v) is 6.10. The molecular weight excluding hydrogens is 262 g/mol. The average molecular weight is 277 g/mol. The van der Waals surface area contributed by atoms with E-state index in [1.807, 2.05) is 0 Å². The highest BCUT2D eigenvalue weighted by Gasteiger charge is 2.32. The third-order valence-electron chi connectivity index (χ3n) is 2.86. The van der Waals surface area contributed by atoms with E-state index in [2.05, 4.69) is 10.5 Å². The second kappa shape index (κ2) is 6.05. The van der Waals surface area contributed by atoms with Gasteiger partial charge in [0.2, 0.25) is 5.91 Å². The normalized spacial score (nSPS) is 18.4. The molecular formula is C13H15N3O4. The largest absolute Gasteiger partial charge is 0.442 e. The van der Waals surface area contributed by atoms with Crippen LogP contribution in [0.2, 0.25) is 0 Å². The number of nitrogens with one attached hydrogen (secondary N) is 1. The summed E-state index contributed by atoms with van der Waals surface area (Å²) in [6, 6.07) is 6.92. The van der Waals surface area contributed by atoms with Crippen LogP contribution in [0.4, 0.5) is 10.5 Å².